The van der Waals surface area contributed by atoms with Crippen LogP contribution in [0.5, 0.6) is 5.75 Å². The fourth-order valence-corrected chi connectivity index (χ4v) is 2.68. The first-order chi connectivity index (χ1) is 10.0. The summed E-state index contributed by atoms with van der Waals surface area (Å²) in [5.74, 6) is 0.536. The van der Waals surface area contributed by atoms with Gasteiger partial charge in [-0.3, -0.25) is 9.59 Å². The third kappa shape index (κ3) is 3.67. The van der Waals surface area contributed by atoms with Crippen molar-refractivity contribution in [3.63, 3.8) is 0 Å². The lowest BCUT2D eigenvalue weighted by molar-refractivity contribution is -0.128. The number of halogens is 1. The normalized spacial score (nSPS) is 15.6. The van der Waals surface area contributed by atoms with Crippen LogP contribution in [0.25, 0.3) is 0 Å². The fourth-order valence-electron chi connectivity index (χ4n) is 2.42. The molecular formula is C15H19ClN2O3. The van der Waals surface area contributed by atoms with Crippen molar-refractivity contribution in [1.82, 2.24) is 9.80 Å². The van der Waals surface area contributed by atoms with Crippen molar-refractivity contribution in [1.29, 1.82) is 0 Å². The van der Waals surface area contributed by atoms with Crippen LogP contribution in [0.2, 0.25) is 5.02 Å². The van der Waals surface area contributed by atoms with E-state index >= 15 is 0 Å². The number of carbonyl (C=O) groups is 2. The summed E-state index contributed by atoms with van der Waals surface area (Å²) in [4.78, 5) is 27.4. The van der Waals surface area contributed by atoms with E-state index in [2.05, 4.69) is 0 Å². The molecule has 0 unspecified atom stereocenters. The molecule has 1 aromatic rings. The van der Waals surface area contributed by atoms with Crippen molar-refractivity contribution >= 4 is 23.4 Å². The third-order valence-corrected chi connectivity index (χ3v) is 3.92. The molecule has 1 fully saturated rings. The number of amides is 2. The Morgan fingerprint density at radius 3 is 2.43 bits per heavy atom. The Morgan fingerprint density at radius 2 is 1.81 bits per heavy atom. The van der Waals surface area contributed by atoms with E-state index in [9.17, 15) is 9.59 Å². The summed E-state index contributed by atoms with van der Waals surface area (Å²) in [5.41, 5.74) is 0.539. The molecule has 1 heterocycles. The maximum absolute atomic E-state index is 12.5. The van der Waals surface area contributed by atoms with Crippen molar-refractivity contribution in [2.24, 2.45) is 0 Å². The first kappa shape index (κ1) is 15.6. The molecule has 1 aliphatic rings. The maximum Gasteiger partial charge on any atom is 0.253 e. The van der Waals surface area contributed by atoms with Crippen LogP contribution in [0, 0.1) is 0 Å². The van der Waals surface area contributed by atoms with Crippen LogP contribution in [0.1, 0.15) is 23.7 Å². The van der Waals surface area contributed by atoms with Gasteiger partial charge in [-0.15, -0.1) is 0 Å². The number of carbonyl (C=O) groups excluding carboxylic acids is 2. The smallest absolute Gasteiger partial charge is 0.253 e. The second-order valence-corrected chi connectivity index (χ2v) is 5.41. The standard InChI is InChI=1S/C15H19ClN2O3/c1-11(19)17-6-3-7-18(9-8-17)15(20)12-4-5-14(21-2)13(16)10-12/h4-5,10H,3,6-9H2,1-2H3. The molecule has 2 rings (SSSR count). The van der Waals surface area contributed by atoms with E-state index in [1.807, 2.05) is 0 Å². The highest BCUT2D eigenvalue weighted by molar-refractivity contribution is 6.32. The van der Waals surface area contributed by atoms with E-state index in [0.717, 1.165) is 6.42 Å². The van der Waals surface area contributed by atoms with E-state index in [4.69, 9.17) is 16.3 Å². The van der Waals surface area contributed by atoms with Crippen LogP contribution in [-0.2, 0) is 4.79 Å². The summed E-state index contributed by atoms with van der Waals surface area (Å²) in [5, 5.41) is 0.420. The Balaban J connectivity index is 2.09. The molecule has 21 heavy (non-hydrogen) atoms. The number of benzene rings is 1. The van der Waals surface area contributed by atoms with Crippen molar-refractivity contribution < 1.29 is 14.3 Å². The second kappa shape index (κ2) is 6.80. The van der Waals surface area contributed by atoms with Crippen molar-refractivity contribution in [2.75, 3.05) is 33.3 Å². The van der Waals surface area contributed by atoms with Crippen LogP contribution in [0.15, 0.2) is 18.2 Å². The van der Waals surface area contributed by atoms with E-state index in [0.29, 0.717) is 42.5 Å². The number of methoxy groups -OCH3 is 1. The minimum Gasteiger partial charge on any atom is -0.495 e. The quantitative estimate of drug-likeness (QED) is 0.840. The van der Waals surface area contributed by atoms with Gasteiger partial charge in [-0.1, -0.05) is 11.6 Å². The van der Waals surface area contributed by atoms with E-state index in [1.165, 1.54) is 7.11 Å². The average molecular weight is 311 g/mol. The van der Waals surface area contributed by atoms with E-state index in [-0.39, 0.29) is 11.8 Å². The van der Waals surface area contributed by atoms with Crippen LogP contribution >= 0.6 is 11.6 Å². The number of nitrogens with zero attached hydrogens (tertiary/aromatic N) is 2. The monoisotopic (exact) mass is 310 g/mol. The molecule has 1 aliphatic heterocycles. The van der Waals surface area contributed by atoms with Gasteiger partial charge in [-0.25, -0.2) is 0 Å². The largest absolute Gasteiger partial charge is 0.495 e. The van der Waals surface area contributed by atoms with E-state index < -0.39 is 0 Å². The summed E-state index contributed by atoms with van der Waals surface area (Å²) in [6, 6.07) is 5.02. The summed E-state index contributed by atoms with van der Waals surface area (Å²) >= 11 is 6.06. The Kier molecular flexibility index (Phi) is 5.07. The van der Waals surface area contributed by atoms with Gasteiger partial charge in [-0.2, -0.15) is 0 Å². The van der Waals surface area contributed by atoms with Gasteiger partial charge in [0.2, 0.25) is 5.91 Å². The SMILES string of the molecule is COc1ccc(C(=O)N2CCCN(C(C)=O)CC2)cc1Cl. The Morgan fingerprint density at radius 1 is 1.14 bits per heavy atom. The molecule has 0 bridgehead atoms. The van der Waals surface area contributed by atoms with Crippen LogP contribution in [0.3, 0.4) is 0 Å². The Hall–Kier alpha value is -1.75. The lowest BCUT2D eigenvalue weighted by Gasteiger charge is -2.21. The number of hydrogen-bond acceptors (Lipinski definition) is 3. The second-order valence-electron chi connectivity index (χ2n) is 5.00. The summed E-state index contributed by atoms with van der Waals surface area (Å²) < 4.78 is 5.08. The van der Waals surface area contributed by atoms with E-state index in [1.54, 1.807) is 34.9 Å². The highest BCUT2D eigenvalue weighted by atomic mass is 35.5. The van der Waals surface area contributed by atoms with Gasteiger partial charge in [0.15, 0.2) is 0 Å². The minimum atomic E-state index is -0.0649. The number of hydrogen-bond donors (Lipinski definition) is 0. The molecule has 0 aliphatic carbocycles. The van der Waals surface area contributed by atoms with Gasteiger partial charge in [0.25, 0.3) is 5.91 Å². The lowest BCUT2D eigenvalue weighted by Crippen LogP contribution is -2.36. The molecule has 1 aromatic carbocycles. The van der Waals surface area contributed by atoms with Crippen LogP contribution in [0.4, 0.5) is 0 Å². The molecule has 0 spiro atoms. The lowest BCUT2D eigenvalue weighted by atomic mass is 10.2. The van der Waals surface area contributed by atoms with Gasteiger partial charge in [0, 0.05) is 38.7 Å². The molecule has 1 saturated heterocycles. The van der Waals surface area contributed by atoms with Crippen molar-refractivity contribution in [3.05, 3.63) is 28.8 Å². The molecule has 114 valence electrons. The van der Waals surface area contributed by atoms with Gasteiger partial charge in [0.1, 0.15) is 5.75 Å². The zero-order chi connectivity index (χ0) is 15.4. The average Bonchev–Trinajstić information content (AvgIpc) is 2.72. The predicted molar refractivity (Wildman–Crippen MR) is 80.8 cm³/mol. The topological polar surface area (TPSA) is 49.9 Å². The number of ether oxygens (including phenoxy) is 1. The van der Waals surface area contributed by atoms with Crippen molar-refractivity contribution in [3.8, 4) is 5.75 Å². The zero-order valence-corrected chi connectivity index (χ0v) is 13.0. The molecule has 5 nitrogen and oxygen atoms in total. The van der Waals surface area contributed by atoms with Crippen molar-refractivity contribution in [2.45, 2.75) is 13.3 Å². The van der Waals surface area contributed by atoms with Gasteiger partial charge in [0.05, 0.1) is 12.1 Å². The molecular weight excluding hydrogens is 292 g/mol. The van der Waals surface area contributed by atoms with Crippen LogP contribution < -0.4 is 4.74 Å². The maximum atomic E-state index is 12.5. The summed E-state index contributed by atoms with van der Waals surface area (Å²) in [7, 11) is 1.54. The first-order valence-corrected chi connectivity index (χ1v) is 7.29. The summed E-state index contributed by atoms with van der Waals surface area (Å²) in [6.07, 6.45) is 0.787. The summed E-state index contributed by atoms with van der Waals surface area (Å²) in [6.45, 7) is 4.02. The van der Waals surface area contributed by atoms with Crippen LogP contribution in [-0.4, -0.2) is 54.9 Å². The van der Waals surface area contributed by atoms with Gasteiger partial charge >= 0.3 is 0 Å². The Labute approximate surface area is 129 Å². The molecule has 0 aromatic heterocycles. The Bertz CT molecular complexity index is 548. The highest BCUT2D eigenvalue weighted by Gasteiger charge is 2.21. The number of rotatable bonds is 2. The van der Waals surface area contributed by atoms with Gasteiger partial charge < -0.3 is 14.5 Å². The molecule has 2 amide bonds. The molecule has 0 saturated carbocycles. The fraction of sp³-hybridized carbons (Fsp3) is 0.467. The predicted octanol–water partition coefficient (Wildman–Crippen LogP) is 2.04. The van der Waals surface area contributed by atoms with Gasteiger partial charge in [-0.05, 0) is 24.6 Å². The first-order valence-electron chi connectivity index (χ1n) is 6.91. The molecule has 0 radical (unpaired) electrons. The molecule has 0 atom stereocenters. The minimum absolute atomic E-state index is 0.0526. The third-order valence-electron chi connectivity index (χ3n) is 3.63. The molecule has 6 heteroatoms. The molecule has 0 N–H and O–H groups in total. The zero-order valence-electron chi connectivity index (χ0n) is 12.3. The highest BCUT2D eigenvalue weighted by Crippen LogP contribution is 2.25.